The third-order valence-electron chi connectivity index (χ3n) is 4.56. The maximum Gasteiger partial charge on any atom is 0.417 e. The van der Waals surface area contributed by atoms with Gasteiger partial charge in [-0.2, -0.15) is 0 Å². The number of likely N-dealkylation sites (tertiary alicyclic amines) is 1. The zero-order valence-electron chi connectivity index (χ0n) is 14.7. The van der Waals surface area contributed by atoms with Crippen molar-refractivity contribution in [1.82, 2.24) is 9.80 Å². The third kappa shape index (κ3) is 3.96. The number of hydrogen-bond donors (Lipinski definition) is 0. The Kier molecular flexibility index (Phi) is 5.72. The highest BCUT2D eigenvalue weighted by Gasteiger charge is 2.39. The summed E-state index contributed by atoms with van der Waals surface area (Å²) in [5.74, 6) is 0.314. The number of carbonyl (C=O) groups excluding carboxylic acids is 3. The first-order chi connectivity index (χ1) is 12.6. The molecule has 3 amide bonds. The van der Waals surface area contributed by atoms with Crippen LogP contribution in [0.2, 0.25) is 0 Å². The van der Waals surface area contributed by atoms with Crippen LogP contribution in [-0.4, -0.2) is 73.8 Å². The standard InChI is InChI=1S/C18H22N2O6/c1-24-10-11-25-15-4-2-13(3-5-15)17(22)19-8-6-14(7-9-19)20-16(21)12-26-18(20)23/h2-5,14H,6-12H2,1H3. The van der Waals surface area contributed by atoms with E-state index in [1.165, 1.54) is 4.90 Å². The number of piperidine rings is 1. The molecule has 26 heavy (non-hydrogen) atoms. The number of cyclic esters (lactones) is 1. The van der Waals surface area contributed by atoms with Crippen LogP contribution in [0.5, 0.6) is 5.75 Å². The highest BCUT2D eigenvalue weighted by molar-refractivity contribution is 5.98. The van der Waals surface area contributed by atoms with Gasteiger partial charge in [0.25, 0.3) is 11.8 Å². The van der Waals surface area contributed by atoms with Crippen LogP contribution in [0.4, 0.5) is 4.79 Å². The molecule has 0 radical (unpaired) electrons. The molecule has 2 aliphatic heterocycles. The summed E-state index contributed by atoms with van der Waals surface area (Å²) in [6, 6.07) is 6.79. The average molecular weight is 362 g/mol. The van der Waals surface area contributed by atoms with Crippen molar-refractivity contribution >= 4 is 17.9 Å². The third-order valence-corrected chi connectivity index (χ3v) is 4.56. The predicted octanol–water partition coefficient (Wildman–Crippen LogP) is 1.30. The highest BCUT2D eigenvalue weighted by atomic mass is 16.6. The fraction of sp³-hybridized carbons (Fsp3) is 0.500. The zero-order chi connectivity index (χ0) is 18.5. The maximum absolute atomic E-state index is 12.6. The Morgan fingerprint density at radius 2 is 1.85 bits per heavy atom. The minimum absolute atomic E-state index is 0.0674. The Morgan fingerprint density at radius 3 is 2.42 bits per heavy atom. The number of carbonyl (C=O) groups is 3. The van der Waals surface area contributed by atoms with Gasteiger partial charge < -0.3 is 19.1 Å². The summed E-state index contributed by atoms with van der Waals surface area (Å²) < 4.78 is 15.2. The smallest absolute Gasteiger partial charge is 0.417 e. The number of imide groups is 1. The molecule has 0 bridgehead atoms. The zero-order valence-corrected chi connectivity index (χ0v) is 14.7. The largest absolute Gasteiger partial charge is 0.491 e. The van der Waals surface area contributed by atoms with Gasteiger partial charge in [-0.1, -0.05) is 0 Å². The van der Waals surface area contributed by atoms with Gasteiger partial charge >= 0.3 is 6.09 Å². The first kappa shape index (κ1) is 18.2. The van der Waals surface area contributed by atoms with Crippen molar-refractivity contribution in [3.63, 3.8) is 0 Å². The molecule has 140 valence electrons. The summed E-state index contributed by atoms with van der Waals surface area (Å²) in [7, 11) is 1.61. The molecule has 1 aromatic carbocycles. The van der Waals surface area contributed by atoms with Gasteiger partial charge in [-0.3, -0.25) is 9.59 Å². The van der Waals surface area contributed by atoms with E-state index >= 15 is 0 Å². The molecular weight excluding hydrogens is 340 g/mol. The molecule has 8 nitrogen and oxygen atoms in total. The van der Waals surface area contributed by atoms with Crippen molar-refractivity contribution in [2.45, 2.75) is 18.9 Å². The Bertz CT molecular complexity index is 651. The molecule has 0 N–H and O–H groups in total. The number of benzene rings is 1. The fourth-order valence-electron chi connectivity index (χ4n) is 3.16. The van der Waals surface area contributed by atoms with E-state index in [9.17, 15) is 14.4 Å². The van der Waals surface area contributed by atoms with Crippen LogP contribution < -0.4 is 4.74 Å². The van der Waals surface area contributed by atoms with Gasteiger partial charge in [-0.05, 0) is 37.1 Å². The highest BCUT2D eigenvalue weighted by Crippen LogP contribution is 2.22. The second kappa shape index (κ2) is 8.18. The molecular formula is C18H22N2O6. The molecule has 0 aliphatic carbocycles. The van der Waals surface area contributed by atoms with Gasteiger partial charge in [-0.15, -0.1) is 0 Å². The van der Waals surface area contributed by atoms with Crippen molar-refractivity contribution in [3.8, 4) is 5.75 Å². The molecule has 2 heterocycles. The Balaban J connectivity index is 1.53. The summed E-state index contributed by atoms with van der Waals surface area (Å²) >= 11 is 0. The molecule has 2 saturated heterocycles. The lowest BCUT2D eigenvalue weighted by atomic mass is 10.0. The van der Waals surface area contributed by atoms with Crippen molar-refractivity contribution in [2.75, 3.05) is 40.0 Å². The van der Waals surface area contributed by atoms with Crippen LogP contribution in [-0.2, 0) is 14.3 Å². The lowest BCUT2D eigenvalue weighted by Gasteiger charge is -2.34. The Hall–Kier alpha value is -2.61. The predicted molar refractivity (Wildman–Crippen MR) is 90.9 cm³/mol. The van der Waals surface area contributed by atoms with E-state index in [4.69, 9.17) is 14.2 Å². The number of amides is 3. The summed E-state index contributed by atoms with van der Waals surface area (Å²) in [6.45, 7) is 1.76. The van der Waals surface area contributed by atoms with Gasteiger partial charge in [0.2, 0.25) is 0 Å². The molecule has 2 fully saturated rings. The second-order valence-electron chi connectivity index (χ2n) is 6.21. The number of rotatable bonds is 6. The van der Waals surface area contributed by atoms with E-state index in [2.05, 4.69) is 0 Å². The molecule has 0 unspecified atom stereocenters. The molecule has 1 aromatic rings. The van der Waals surface area contributed by atoms with Crippen LogP contribution in [0, 0.1) is 0 Å². The lowest BCUT2D eigenvalue weighted by Crippen LogP contribution is -2.48. The van der Waals surface area contributed by atoms with Crippen molar-refractivity contribution < 1.29 is 28.6 Å². The average Bonchev–Trinajstić information content (AvgIpc) is 3.00. The minimum Gasteiger partial charge on any atom is -0.491 e. The summed E-state index contributed by atoms with van der Waals surface area (Å²) in [5, 5.41) is 0. The summed E-state index contributed by atoms with van der Waals surface area (Å²) in [5.41, 5.74) is 0.583. The van der Waals surface area contributed by atoms with Gasteiger partial charge in [0.05, 0.1) is 6.61 Å². The van der Waals surface area contributed by atoms with E-state index in [1.807, 2.05) is 0 Å². The quantitative estimate of drug-likeness (QED) is 0.709. The van der Waals surface area contributed by atoms with Crippen molar-refractivity contribution in [1.29, 1.82) is 0 Å². The van der Waals surface area contributed by atoms with Crippen LogP contribution >= 0.6 is 0 Å². The SMILES string of the molecule is COCCOc1ccc(C(=O)N2CCC(N3C(=O)COC3=O)CC2)cc1. The monoisotopic (exact) mass is 362 g/mol. The molecule has 0 atom stereocenters. The van der Waals surface area contributed by atoms with E-state index < -0.39 is 6.09 Å². The summed E-state index contributed by atoms with van der Waals surface area (Å²) in [4.78, 5) is 38.9. The first-order valence-electron chi connectivity index (χ1n) is 8.60. The molecule has 3 rings (SSSR count). The Labute approximate surface area is 151 Å². The maximum atomic E-state index is 12.6. The number of nitrogens with zero attached hydrogens (tertiary/aromatic N) is 2. The normalized spacial score (nSPS) is 18.2. The van der Waals surface area contributed by atoms with Crippen LogP contribution in [0.3, 0.4) is 0 Å². The topological polar surface area (TPSA) is 85.4 Å². The van der Waals surface area contributed by atoms with Gasteiger partial charge in [0.15, 0.2) is 6.61 Å². The van der Waals surface area contributed by atoms with E-state index in [0.717, 1.165) is 0 Å². The number of ether oxygens (including phenoxy) is 3. The van der Waals surface area contributed by atoms with E-state index in [1.54, 1.807) is 36.3 Å². The van der Waals surface area contributed by atoms with E-state index in [0.29, 0.717) is 50.5 Å². The molecule has 0 aromatic heterocycles. The Morgan fingerprint density at radius 1 is 1.15 bits per heavy atom. The van der Waals surface area contributed by atoms with Crippen LogP contribution in [0.25, 0.3) is 0 Å². The van der Waals surface area contributed by atoms with Crippen LogP contribution in [0.15, 0.2) is 24.3 Å². The van der Waals surface area contributed by atoms with Gasteiger partial charge in [-0.25, -0.2) is 9.69 Å². The lowest BCUT2D eigenvalue weighted by molar-refractivity contribution is -0.127. The molecule has 0 saturated carbocycles. The molecule has 2 aliphatic rings. The molecule has 8 heteroatoms. The number of methoxy groups -OCH3 is 1. The van der Waals surface area contributed by atoms with Gasteiger partial charge in [0.1, 0.15) is 12.4 Å². The van der Waals surface area contributed by atoms with Gasteiger partial charge in [0, 0.05) is 31.8 Å². The van der Waals surface area contributed by atoms with Crippen molar-refractivity contribution in [3.05, 3.63) is 29.8 Å². The molecule has 0 spiro atoms. The first-order valence-corrected chi connectivity index (χ1v) is 8.60. The minimum atomic E-state index is -0.580. The van der Waals surface area contributed by atoms with Crippen molar-refractivity contribution in [2.24, 2.45) is 0 Å². The van der Waals surface area contributed by atoms with E-state index in [-0.39, 0.29) is 24.5 Å². The summed E-state index contributed by atoms with van der Waals surface area (Å²) in [6.07, 6.45) is 0.541. The fourth-order valence-corrected chi connectivity index (χ4v) is 3.16. The number of hydrogen-bond acceptors (Lipinski definition) is 6. The second-order valence-corrected chi connectivity index (χ2v) is 6.21. The van der Waals surface area contributed by atoms with Crippen LogP contribution in [0.1, 0.15) is 23.2 Å².